The van der Waals surface area contributed by atoms with Gasteiger partial charge in [-0.25, -0.2) is 0 Å². The van der Waals surface area contributed by atoms with Crippen LogP contribution in [0.4, 0.5) is 0 Å². The molecule has 4 N–H and O–H groups in total. The zero-order valence-corrected chi connectivity index (χ0v) is 21.6. The summed E-state index contributed by atoms with van der Waals surface area (Å²) in [6.07, 6.45) is 9.91. The van der Waals surface area contributed by atoms with E-state index in [0.29, 0.717) is 38.3 Å². The second kappa shape index (κ2) is 9.27. The normalized spacial score (nSPS) is 34.1. The number of nitrogens with one attached hydrogen (secondary N) is 2. The Labute approximate surface area is 204 Å². The summed E-state index contributed by atoms with van der Waals surface area (Å²) in [5.41, 5.74) is -1.41. The average Bonchev–Trinajstić information content (AvgIpc) is 3.15. The number of carbonyl (C=O) groups is 1. The summed E-state index contributed by atoms with van der Waals surface area (Å²) in [6, 6.07) is 0.0219. The molecule has 2 aliphatic carbocycles. The minimum absolute atomic E-state index is 0.0219. The minimum Gasteiger partial charge on any atom is -0.389 e. The highest BCUT2D eigenvalue weighted by Crippen LogP contribution is 2.46. The molecule has 0 aromatic carbocycles. The molecule has 33 heavy (non-hydrogen) atoms. The first-order chi connectivity index (χ1) is 15.1. The maximum absolute atomic E-state index is 13.5. The SMILES string of the molecule is C=C(NCC(C)(C)O)NC1CCCC1C(=O)N1CC[C@](O)(C2=CCC(C)(Cl)C=C2)C(C)(C)C1. The van der Waals surface area contributed by atoms with Gasteiger partial charge in [-0.05, 0) is 52.0 Å². The fourth-order valence-corrected chi connectivity index (χ4v) is 5.46. The molecule has 3 aliphatic rings. The van der Waals surface area contributed by atoms with Crippen LogP contribution < -0.4 is 10.6 Å². The lowest BCUT2D eigenvalue weighted by atomic mass is 9.65. The Hall–Kier alpha value is -1.50. The molecule has 0 bridgehead atoms. The lowest BCUT2D eigenvalue weighted by Gasteiger charge is -2.52. The molecule has 0 aromatic rings. The van der Waals surface area contributed by atoms with Crippen molar-refractivity contribution >= 4 is 17.5 Å². The Balaban J connectivity index is 1.64. The van der Waals surface area contributed by atoms with E-state index in [1.54, 1.807) is 13.8 Å². The summed E-state index contributed by atoms with van der Waals surface area (Å²) in [5.74, 6) is 0.674. The third-order valence-corrected chi connectivity index (χ3v) is 7.78. The Morgan fingerprint density at radius 3 is 2.61 bits per heavy atom. The van der Waals surface area contributed by atoms with Gasteiger partial charge in [-0.2, -0.15) is 0 Å². The van der Waals surface area contributed by atoms with Crippen molar-refractivity contribution in [1.82, 2.24) is 15.5 Å². The van der Waals surface area contributed by atoms with Crippen LogP contribution in [0.25, 0.3) is 0 Å². The van der Waals surface area contributed by atoms with Crippen molar-refractivity contribution in [2.75, 3.05) is 19.6 Å². The van der Waals surface area contributed by atoms with Crippen LogP contribution in [0.3, 0.4) is 0 Å². The monoisotopic (exact) mass is 479 g/mol. The lowest BCUT2D eigenvalue weighted by Crippen LogP contribution is -2.60. The number of amides is 1. The molecule has 1 saturated carbocycles. The quantitative estimate of drug-likeness (QED) is 0.420. The van der Waals surface area contributed by atoms with Gasteiger partial charge in [0, 0.05) is 31.1 Å². The van der Waals surface area contributed by atoms with E-state index in [1.165, 1.54) is 0 Å². The van der Waals surface area contributed by atoms with Crippen molar-refractivity contribution in [3.05, 3.63) is 36.2 Å². The van der Waals surface area contributed by atoms with Gasteiger partial charge in [0.05, 0.1) is 27.8 Å². The zero-order valence-electron chi connectivity index (χ0n) is 20.9. The first-order valence-electron chi connectivity index (χ1n) is 12.2. The van der Waals surface area contributed by atoms with Crippen molar-refractivity contribution in [1.29, 1.82) is 0 Å². The summed E-state index contributed by atoms with van der Waals surface area (Å²) < 4.78 is 0. The van der Waals surface area contributed by atoms with E-state index in [9.17, 15) is 15.0 Å². The Kier molecular flexibility index (Phi) is 7.34. The predicted octanol–water partition coefficient (Wildman–Crippen LogP) is 3.45. The van der Waals surface area contributed by atoms with Crippen LogP contribution in [0.2, 0.25) is 0 Å². The molecule has 0 aromatic heterocycles. The number of allylic oxidation sites excluding steroid dienone is 2. The molecule has 0 spiro atoms. The highest BCUT2D eigenvalue weighted by Gasteiger charge is 2.51. The van der Waals surface area contributed by atoms with E-state index in [0.717, 1.165) is 24.8 Å². The Morgan fingerprint density at radius 2 is 2.03 bits per heavy atom. The number of aliphatic hydroxyl groups is 2. The van der Waals surface area contributed by atoms with Gasteiger partial charge >= 0.3 is 0 Å². The van der Waals surface area contributed by atoms with Crippen LogP contribution in [0.15, 0.2) is 36.2 Å². The van der Waals surface area contributed by atoms with Crippen LogP contribution in [0.5, 0.6) is 0 Å². The number of hydrogen-bond donors (Lipinski definition) is 4. The van der Waals surface area contributed by atoms with Gasteiger partial charge in [0.25, 0.3) is 0 Å². The number of carbonyl (C=O) groups excluding carboxylic acids is 1. The van der Waals surface area contributed by atoms with Crippen LogP contribution in [0.1, 0.15) is 66.7 Å². The molecule has 1 amide bonds. The summed E-state index contributed by atoms with van der Waals surface area (Å²) >= 11 is 6.43. The fraction of sp³-hybridized carbons (Fsp3) is 0.731. The molecular weight excluding hydrogens is 438 g/mol. The van der Waals surface area contributed by atoms with Crippen LogP contribution in [0, 0.1) is 11.3 Å². The molecule has 7 heteroatoms. The molecule has 2 fully saturated rings. The molecule has 0 radical (unpaired) electrons. The average molecular weight is 480 g/mol. The van der Waals surface area contributed by atoms with Gasteiger partial charge in [-0.15, -0.1) is 11.6 Å². The van der Waals surface area contributed by atoms with Gasteiger partial charge in [-0.3, -0.25) is 4.79 Å². The number of nitrogens with zero attached hydrogens (tertiary/aromatic N) is 1. The smallest absolute Gasteiger partial charge is 0.227 e. The Bertz CT molecular complexity index is 827. The number of likely N-dealkylation sites (tertiary alicyclic amines) is 1. The van der Waals surface area contributed by atoms with Crippen molar-refractivity contribution < 1.29 is 15.0 Å². The van der Waals surface area contributed by atoms with Crippen molar-refractivity contribution in [2.24, 2.45) is 11.3 Å². The highest BCUT2D eigenvalue weighted by atomic mass is 35.5. The zero-order chi connectivity index (χ0) is 24.7. The minimum atomic E-state index is -0.990. The van der Waals surface area contributed by atoms with Crippen LogP contribution in [-0.2, 0) is 4.79 Å². The van der Waals surface area contributed by atoms with E-state index in [2.05, 4.69) is 23.3 Å². The van der Waals surface area contributed by atoms with Gasteiger partial charge in [-0.1, -0.05) is 45.1 Å². The maximum Gasteiger partial charge on any atom is 0.227 e. The predicted molar refractivity (Wildman–Crippen MR) is 134 cm³/mol. The van der Waals surface area contributed by atoms with Gasteiger partial charge < -0.3 is 25.7 Å². The van der Waals surface area contributed by atoms with Crippen molar-refractivity contribution in [3.8, 4) is 0 Å². The van der Waals surface area contributed by atoms with Gasteiger partial charge in [0.2, 0.25) is 5.91 Å². The third kappa shape index (κ3) is 5.95. The van der Waals surface area contributed by atoms with Crippen molar-refractivity contribution in [3.63, 3.8) is 0 Å². The van der Waals surface area contributed by atoms with Crippen LogP contribution in [-0.4, -0.2) is 62.8 Å². The van der Waals surface area contributed by atoms with E-state index in [1.807, 2.05) is 37.8 Å². The first kappa shape index (κ1) is 26.1. The fourth-order valence-electron chi connectivity index (χ4n) is 5.32. The Morgan fingerprint density at radius 1 is 1.33 bits per heavy atom. The number of alkyl halides is 1. The second-order valence-electron chi connectivity index (χ2n) is 11.7. The maximum atomic E-state index is 13.5. The topological polar surface area (TPSA) is 84.8 Å². The second-order valence-corrected chi connectivity index (χ2v) is 12.5. The standard InChI is InChI=1S/C26H42ClN3O3/c1-18(28-16-24(4,5)32)29-21-9-7-8-20(21)22(31)30-15-14-26(33,23(2,3)17-30)19-10-12-25(6,27)13-11-19/h10-12,20-21,28-29,32-33H,1,7-9,13-17H2,2-6H3/t20?,21?,25?,26-/m0/s1. The largest absolute Gasteiger partial charge is 0.389 e. The molecule has 6 nitrogen and oxygen atoms in total. The van der Waals surface area contributed by atoms with E-state index >= 15 is 0 Å². The molecular formula is C26H42ClN3O3. The lowest BCUT2D eigenvalue weighted by molar-refractivity contribution is -0.148. The molecule has 3 rings (SSSR count). The number of piperidine rings is 1. The number of rotatable bonds is 7. The third-order valence-electron chi connectivity index (χ3n) is 7.50. The molecule has 1 saturated heterocycles. The van der Waals surface area contributed by atoms with Gasteiger partial charge in [0.1, 0.15) is 0 Å². The first-order valence-corrected chi connectivity index (χ1v) is 12.5. The highest BCUT2D eigenvalue weighted by molar-refractivity contribution is 6.25. The summed E-state index contributed by atoms with van der Waals surface area (Å²) in [7, 11) is 0. The van der Waals surface area contributed by atoms with E-state index in [4.69, 9.17) is 11.6 Å². The molecule has 3 unspecified atom stereocenters. The molecule has 1 heterocycles. The summed E-state index contributed by atoms with van der Waals surface area (Å²) in [5, 5.41) is 28.1. The molecule has 1 aliphatic heterocycles. The van der Waals surface area contributed by atoms with Crippen LogP contribution >= 0.6 is 11.6 Å². The molecule has 4 atom stereocenters. The van der Waals surface area contributed by atoms with Gasteiger partial charge in [0.15, 0.2) is 0 Å². The van der Waals surface area contributed by atoms with E-state index in [-0.39, 0.29) is 17.9 Å². The number of halogens is 1. The van der Waals surface area contributed by atoms with Crippen molar-refractivity contribution in [2.45, 2.75) is 88.8 Å². The number of hydrogen-bond acceptors (Lipinski definition) is 5. The summed E-state index contributed by atoms with van der Waals surface area (Å²) in [6.45, 7) is 15.0. The summed E-state index contributed by atoms with van der Waals surface area (Å²) in [4.78, 5) is 15.1. The molecule has 186 valence electrons. The van der Waals surface area contributed by atoms with E-state index < -0.39 is 21.5 Å².